The van der Waals surface area contributed by atoms with Crippen LogP contribution < -0.4 is 9.47 Å². The first-order valence-corrected chi connectivity index (χ1v) is 6.89. The van der Waals surface area contributed by atoms with Gasteiger partial charge in [-0.1, -0.05) is 0 Å². The van der Waals surface area contributed by atoms with Crippen molar-refractivity contribution < 1.29 is 23.8 Å². The highest BCUT2D eigenvalue weighted by molar-refractivity contribution is 9.10. The third kappa shape index (κ3) is 4.46. The van der Waals surface area contributed by atoms with E-state index in [0.717, 1.165) is 0 Å². The van der Waals surface area contributed by atoms with Gasteiger partial charge in [0.15, 0.2) is 0 Å². The van der Waals surface area contributed by atoms with Gasteiger partial charge in [-0.25, -0.2) is 9.18 Å². The first-order valence-electron chi connectivity index (χ1n) is 6.10. The van der Waals surface area contributed by atoms with Gasteiger partial charge in [-0.15, -0.1) is 0 Å². The highest BCUT2D eigenvalue weighted by atomic mass is 79.9. The fraction of sp³-hybridized carbons (Fsp3) is 0.133. The Morgan fingerprint density at radius 2 is 1.62 bits per heavy atom. The van der Waals surface area contributed by atoms with E-state index in [4.69, 9.17) is 14.6 Å². The van der Waals surface area contributed by atoms with E-state index in [-0.39, 0.29) is 18.8 Å². The largest absolute Gasteiger partial charge is 0.490 e. The predicted octanol–water partition coefficient (Wildman–Crippen LogP) is 3.74. The van der Waals surface area contributed by atoms with E-state index in [2.05, 4.69) is 15.9 Å². The van der Waals surface area contributed by atoms with Crippen LogP contribution in [0.3, 0.4) is 0 Å². The highest BCUT2D eigenvalue weighted by Crippen LogP contribution is 2.20. The summed E-state index contributed by atoms with van der Waals surface area (Å²) in [6.45, 7) is 0.520. The monoisotopic (exact) mass is 354 g/mol. The van der Waals surface area contributed by atoms with E-state index in [0.29, 0.717) is 16.0 Å². The van der Waals surface area contributed by atoms with Crippen molar-refractivity contribution in [2.24, 2.45) is 0 Å². The van der Waals surface area contributed by atoms with Gasteiger partial charge in [0.1, 0.15) is 30.5 Å². The van der Waals surface area contributed by atoms with Crippen molar-refractivity contribution in [2.45, 2.75) is 0 Å². The summed E-state index contributed by atoms with van der Waals surface area (Å²) in [6, 6.07) is 10.6. The number of carboxylic acids is 1. The molecule has 0 amide bonds. The molecule has 110 valence electrons. The molecule has 0 unspecified atom stereocenters. The van der Waals surface area contributed by atoms with E-state index in [1.165, 1.54) is 18.2 Å². The van der Waals surface area contributed by atoms with Crippen molar-refractivity contribution in [1.82, 2.24) is 0 Å². The molecule has 0 saturated carbocycles. The molecule has 0 fully saturated rings. The molecule has 0 radical (unpaired) electrons. The molecule has 0 aliphatic heterocycles. The van der Waals surface area contributed by atoms with Crippen LogP contribution in [0.15, 0.2) is 46.9 Å². The summed E-state index contributed by atoms with van der Waals surface area (Å²) in [4.78, 5) is 10.7. The van der Waals surface area contributed by atoms with Crippen molar-refractivity contribution in [1.29, 1.82) is 0 Å². The van der Waals surface area contributed by atoms with E-state index in [1.807, 2.05) is 0 Å². The van der Waals surface area contributed by atoms with Gasteiger partial charge in [-0.05, 0) is 52.3 Å². The molecule has 6 heteroatoms. The van der Waals surface area contributed by atoms with Gasteiger partial charge >= 0.3 is 5.97 Å². The number of hydrogen-bond acceptors (Lipinski definition) is 3. The Kier molecular flexibility index (Phi) is 5.16. The molecule has 0 spiro atoms. The Morgan fingerprint density at radius 3 is 2.19 bits per heavy atom. The number of carboxylic acid groups (broad SMARTS) is 1. The van der Waals surface area contributed by atoms with Gasteiger partial charge < -0.3 is 14.6 Å². The summed E-state index contributed by atoms with van der Waals surface area (Å²) < 4.78 is 24.4. The number of aromatic carboxylic acids is 1. The minimum Gasteiger partial charge on any atom is -0.490 e. The van der Waals surface area contributed by atoms with Gasteiger partial charge in [0.25, 0.3) is 0 Å². The maximum absolute atomic E-state index is 13.3. The fourth-order valence-electron chi connectivity index (χ4n) is 1.58. The molecule has 0 aliphatic rings. The molecule has 0 aromatic heterocycles. The first-order chi connectivity index (χ1) is 10.1. The number of hydrogen-bond donors (Lipinski definition) is 1. The normalized spacial score (nSPS) is 10.2. The van der Waals surface area contributed by atoms with Crippen molar-refractivity contribution >= 4 is 21.9 Å². The molecule has 0 aliphatic carbocycles. The second kappa shape index (κ2) is 7.08. The van der Waals surface area contributed by atoms with Gasteiger partial charge in [0.05, 0.1) is 10.0 Å². The Labute approximate surface area is 129 Å². The molecule has 0 atom stereocenters. The number of rotatable bonds is 6. The number of benzene rings is 2. The van der Waals surface area contributed by atoms with Crippen LogP contribution in [-0.4, -0.2) is 24.3 Å². The summed E-state index contributed by atoms with van der Waals surface area (Å²) in [5, 5.41) is 8.76. The second-order valence-electron chi connectivity index (χ2n) is 4.10. The average molecular weight is 355 g/mol. The minimum atomic E-state index is -0.984. The van der Waals surface area contributed by atoms with Crippen LogP contribution in [0.4, 0.5) is 4.39 Å². The fourth-order valence-corrected chi connectivity index (χ4v) is 1.83. The predicted molar refractivity (Wildman–Crippen MR) is 78.5 cm³/mol. The summed E-state index contributed by atoms with van der Waals surface area (Å²) in [5.74, 6) is -0.411. The third-order valence-electron chi connectivity index (χ3n) is 2.61. The molecule has 4 nitrogen and oxygen atoms in total. The summed E-state index contributed by atoms with van der Waals surface area (Å²) in [7, 11) is 0. The van der Waals surface area contributed by atoms with E-state index >= 15 is 0 Å². The zero-order chi connectivity index (χ0) is 15.2. The molecule has 0 saturated heterocycles. The lowest BCUT2D eigenvalue weighted by Gasteiger charge is -2.09. The maximum Gasteiger partial charge on any atom is 0.335 e. The first kappa shape index (κ1) is 15.3. The van der Waals surface area contributed by atoms with Crippen molar-refractivity contribution in [2.75, 3.05) is 13.2 Å². The topological polar surface area (TPSA) is 55.8 Å². The molecule has 21 heavy (non-hydrogen) atoms. The lowest BCUT2D eigenvalue weighted by Crippen LogP contribution is -2.09. The smallest absolute Gasteiger partial charge is 0.335 e. The van der Waals surface area contributed by atoms with E-state index in [9.17, 15) is 9.18 Å². The van der Waals surface area contributed by atoms with E-state index in [1.54, 1.807) is 24.3 Å². The lowest BCUT2D eigenvalue weighted by molar-refractivity contribution is 0.0697. The van der Waals surface area contributed by atoms with Crippen LogP contribution in [0, 0.1) is 5.82 Å². The van der Waals surface area contributed by atoms with E-state index < -0.39 is 11.8 Å². The van der Waals surface area contributed by atoms with Gasteiger partial charge in [-0.2, -0.15) is 0 Å². The van der Waals surface area contributed by atoms with Crippen LogP contribution in [-0.2, 0) is 0 Å². The van der Waals surface area contributed by atoms with Gasteiger partial charge in [0.2, 0.25) is 0 Å². The highest BCUT2D eigenvalue weighted by Gasteiger charge is 2.03. The van der Waals surface area contributed by atoms with Crippen LogP contribution in [0.2, 0.25) is 0 Å². The van der Waals surface area contributed by atoms with Gasteiger partial charge in [0, 0.05) is 6.07 Å². The number of halogens is 2. The molecule has 2 aromatic carbocycles. The lowest BCUT2D eigenvalue weighted by atomic mass is 10.2. The quantitative estimate of drug-likeness (QED) is 0.802. The van der Waals surface area contributed by atoms with Crippen LogP contribution in [0.1, 0.15) is 10.4 Å². The van der Waals surface area contributed by atoms with Crippen molar-refractivity contribution in [3.05, 3.63) is 58.3 Å². The molecule has 2 rings (SSSR count). The number of carbonyl (C=O) groups is 1. The second-order valence-corrected chi connectivity index (χ2v) is 4.96. The van der Waals surface area contributed by atoms with Crippen LogP contribution in [0.5, 0.6) is 11.5 Å². The Morgan fingerprint density at radius 1 is 1.05 bits per heavy atom. The third-order valence-corrected chi connectivity index (χ3v) is 3.26. The van der Waals surface area contributed by atoms with Crippen molar-refractivity contribution in [3.63, 3.8) is 0 Å². The van der Waals surface area contributed by atoms with Crippen LogP contribution >= 0.6 is 15.9 Å². The SMILES string of the molecule is O=C(O)c1ccc(OCCOc2ccc(Br)c(F)c2)cc1. The zero-order valence-corrected chi connectivity index (χ0v) is 12.5. The Balaban J connectivity index is 1.79. The molecule has 1 N–H and O–H groups in total. The molecule has 2 aromatic rings. The standard InChI is InChI=1S/C15H12BrFO4/c16-13-6-5-12(9-14(13)17)21-8-7-20-11-3-1-10(2-4-11)15(18)19/h1-6,9H,7-8H2,(H,18,19). The van der Waals surface area contributed by atoms with Crippen LogP contribution in [0.25, 0.3) is 0 Å². The summed E-state index contributed by atoms with van der Waals surface area (Å²) in [6.07, 6.45) is 0. The number of ether oxygens (including phenoxy) is 2. The minimum absolute atomic E-state index is 0.198. The zero-order valence-electron chi connectivity index (χ0n) is 10.9. The molecular formula is C15H12BrFO4. The summed E-state index contributed by atoms with van der Waals surface area (Å²) in [5.41, 5.74) is 0.198. The summed E-state index contributed by atoms with van der Waals surface area (Å²) >= 11 is 3.06. The van der Waals surface area contributed by atoms with Gasteiger partial charge in [-0.3, -0.25) is 0 Å². The Hall–Kier alpha value is -2.08. The molecule has 0 bridgehead atoms. The molecular weight excluding hydrogens is 343 g/mol. The maximum atomic E-state index is 13.3. The average Bonchev–Trinajstić information content (AvgIpc) is 2.47. The Bertz CT molecular complexity index is 628. The van der Waals surface area contributed by atoms with Crippen molar-refractivity contribution in [3.8, 4) is 11.5 Å². The molecule has 0 heterocycles.